The highest BCUT2D eigenvalue weighted by atomic mass is 16.6. The van der Waals surface area contributed by atoms with Crippen LogP contribution in [-0.4, -0.2) is 57.1 Å². The molecule has 3 aromatic heterocycles. The minimum atomic E-state index is -0.634. The lowest BCUT2D eigenvalue weighted by molar-refractivity contribution is -0.144. The Balaban J connectivity index is 1.63. The van der Waals surface area contributed by atoms with Crippen LogP contribution in [0.4, 0.5) is 11.6 Å². The minimum absolute atomic E-state index is 0.109. The molecule has 0 aromatic carbocycles. The Bertz CT molecular complexity index is 1060. The van der Waals surface area contributed by atoms with E-state index in [0.717, 1.165) is 5.39 Å². The van der Waals surface area contributed by atoms with Gasteiger partial charge in [-0.1, -0.05) is 0 Å². The third-order valence-corrected chi connectivity index (χ3v) is 4.26. The number of carbonyl (C=O) groups excluding carboxylic acids is 1. The van der Waals surface area contributed by atoms with Crippen molar-refractivity contribution in [3.63, 3.8) is 0 Å². The number of hydrogen-bond donors (Lipinski definition) is 2. The largest absolute Gasteiger partial charge is 0.467 e. The van der Waals surface area contributed by atoms with Crippen molar-refractivity contribution in [2.45, 2.75) is 19.1 Å². The molecule has 0 spiro atoms. The standard InChI is InChI=1S/C17H17N7O4/c1-9(16(25)26-2)24-6-13(15(23-24)28-12-7-27-8-12)21-17-19-5-10-3-11(4-18)20-14(10)22-17/h3,5-6,9,12H,7-8H2,1-2H3,(H2,19,20,21,22). The summed E-state index contributed by atoms with van der Waals surface area (Å²) in [5.41, 5.74) is 1.42. The second-order valence-corrected chi connectivity index (χ2v) is 6.22. The summed E-state index contributed by atoms with van der Waals surface area (Å²) >= 11 is 0. The van der Waals surface area contributed by atoms with E-state index in [-0.39, 0.29) is 6.10 Å². The molecule has 4 heterocycles. The van der Waals surface area contributed by atoms with Gasteiger partial charge in [0.15, 0.2) is 0 Å². The summed E-state index contributed by atoms with van der Waals surface area (Å²) in [4.78, 5) is 23.3. The van der Waals surface area contributed by atoms with Crippen molar-refractivity contribution in [2.75, 3.05) is 25.6 Å². The molecular weight excluding hydrogens is 366 g/mol. The smallest absolute Gasteiger partial charge is 0.330 e. The van der Waals surface area contributed by atoms with Crippen LogP contribution in [0.5, 0.6) is 5.88 Å². The number of aromatic nitrogens is 5. The van der Waals surface area contributed by atoms with Crippen LogP contribution in [0.15, 0.2) is 18.5 Å². The summed E-state index contributed by atoms with van der Waals surface area (Å²) in [5, 5.41) is 17.1. The molecule has 11 nitrogen and oxygen atoms in total. The second-order valence-electron chi connectivity index (χ2n) is 6.22. The Kier molecular flexibility index (Phi) is 4.54. The highest BCUT2D eigenvalue weighted by molar-refractivity contribution is 5.78. The molecule has 4 rings (SSSR count). The van der Waals surface area contributed by atoms with E-state index in [0.29, 0.717) is 42.1 Å². The van der Waals surface area contributed by atoms with Crippen LogP contribution in [0.25, 0.3) is 11.0 Å². The predicted octanol–water partition coefficient (Wildman–Crippen LogP) is 1.28. The molecule has 0 aliphatic carbocycles. The van der Waals surface area contributed by atoms with Crippen LogP contribution in [0.3, 0.4) is 0 Å². The molecule has 0 bridgehead atoms. The summed E-state index contributed by atoms with van der Waals surface area (Å²) in [7, 11) is 1.32. The first-order valence-electron chi connectivity index (χ1n) is 8.51. The van der Waals surface area contributed by atoms with E-state index in [1.165, 1.54) is 11.8 Å². The van der Waals surface area contributed by atoms with Crippen molar-refractivity contribution in [2.24, 2.45) is 0 Å². The van der Waals surface area contributed by atoms with E-state index >= 15 is 0 Å². The molecular formula is C17H17N7O4. The summed E-state index contributed by atoms with van der Waals surface area (Å²) in [5.74, 6) is 0.163. The number of ether oxygens (including phenoxy) is 3. The third-order valence-electron chi connectivity index (χ3n) is 4.26. The van der Waals surface area contributed by atoms with E-state index < -0.39 is 12.0 Å². The highest BCUT2D eigenvalue weighted by Gasteiger charge is 2.26. The number of aromatic amines is 1. The fourth-order valence-electron chi connectivity index (χ4n) is 2.62. The van der Waals surface area contributed by atoms with Gasteiger partial charge in [-0.2, -0.15) is 10.2 Å². The number of H-pyrrole nitrogens is 1. The number of nitriles is 1. The van der Waals surface area contributed by atoms with E-state index in [9.17, 15) is 4.79 Å². The number of esters is 1. The maximum absolute atomic E-state index is 11.8. The first-order valence-corrected chi connectivity index (χ1v) is 8.51. The van der Waals surface area contributed by atoms with Crippen LogP contribution >= 0.6 is 0 Å². The van der Waals surface area contributed by atoms with Gasteiger partial charge in [-0.25, -0.2) is 9.78 Å². The number of hydrogen-bond acceptors (Lipinski definition) is 9. The SMILES string of the molecule is COC(=O)C(C)n1cc(Nc2ncc3cc(C#N)[nH]c3n2)c(OC2COC2)n1. The highest BCUT2D eigenvalue weighted by Crippen LogP contribution is 2.29. The Hall–Kier alpha value is -3.65. The van der Waals surface area contributed by atoms with Gasteiger partial charge in [-0.05, 0) is 13.0 Å². The van der Waals surface area contributed by atoms with Gasteiger partial charge in [-0.15, -0.1) is 5.10 Å². The summed E-state index contributed by atoms with van der Waals surface area (Å²) < 4.78 is 17.2. The van der Waals surface area contributed by atoms with Gasteiger partial charge in [0.25, 0.3) is 5.88 Å². The Labute approximate surface area is 159 Å². The lowest BCUT2D eigenvalue weighted by atomic mass is 10.3. The average Bonchev–Trinajstić information content (AvgIpc) is 3.26. The lowest BCUT2D eigenvalue weighted by Gasteiger charge is -2.25. The molecule has 1 atom stereocenters. The van der Waals surface area contributed by atoms with Crippen molar-refractivity contribution in [3.8, 4) is 11.9 Å². The monoisotopic (exact) mass is 383 g/mol. The van der Waals surface area contributed by atoms with Gasteiger partial charge in [-0.3, -0.25) is 4.68 Å². The average molecular weight is 383 g/mol. The summed E-state index contributed by atoms with van der Waals surface area (Å²) in [6.07, 6.45) is 3.12. The predicted molar refractivity (Wildman–Crippen MR) is 96.1 cm³/mol. The number of fused-ring (bicyclic) bond motifs is 1. The van der Waals surface area contributed by atoms with Crippen LogP contribution in [0.1, 0.15) is 18.7 Å². The van der Waals surface area contributed by atoms with Gasteiger partial charge in [0.1, 0.15) is 35.2 Å². The van der Waals surface area contributed by atoms with Crippen molar-refractivity contribution in [1.29, 1.82) is 5.26 Å². The van der Waals surface area contributed by atoms with E-state index in [4.69, 9.17) is 19.5 Å². The second kappa shape index (κ2) is 7.16. The molecule has 11 heteroatoms. The molecule has 1 unspecified atom stereocenters. The van der Waals surface area contributed by atoms with Gasteiger partial charge < -0.3 is 24.5 Å². The lowest BCUT2D eigenvalue weighted by Crippen LogP contribution is -2.38. The van der Waals surface area contributed by atoms with Crippen molar-refractivity contribution in [1.82, 2.24) is 24.7 Å². The first kappa shape index (κ1) is 17.7. The van der Waals surface area contributed by atoms with Gasteiger partial charge in [0.05, 0.1) is 26.5 Å². The van der Waals surface area contributed by atoms with E-state index in [2.05, 4.69) is 25.4 Å². The first-order chi connectivity index (χ1) is 13.6. The zero-order valence-electron chi connectivity index (χ0n) is 15.2. The minimum Gasteiger partial charge on any atom is -0.467 e. The van der Waals surface area contributed by atoms with E-state index in [1.807, 2.05) is 6.07 Å². The molecule has 1 aliphatic rings. The van der Waals surface area contributed by atoms with Crippen molar-refractivity contribution >= 4 is 28.6 Å². The van der Waals surface area contributed by atoms with Crippen LogP contribution in [0.2, 0.25) is 0 Å². The molecule has 0 radical (unpaired) electrons. The molecule has 1 saturated heterocycles. The Morgan fingerprint density at radius 2 is 2.36 bits per heavy atom. The van der Waals surface area contributed by atoms with Crippen molar-refractivity contribution < 1.29 is 19.0 Å². The fourth-order valence-corrected chi connectivity index (χ4v) is 2.62. The maximum Gasteiger partial charge on any atom is 0.330 e. The number of nitrogens with zero attached hydrogens (tertiary/aromatic N) is 5. The normalized spacial score (nSPS) is 14.9. The third kappa shape index (κ3) is 3.33. The number of carbonyl (C=O) groups is 1. The number of anilines is 2. The van der Waals surface area contributed by atoms with E-state index in [1.54, 1.807) is 25.4 Å². The number of rotatable bonds is 6. The molecule has 144 valence electrons. The molecule has 1 fully saturated rings. The fraction of sp³-hybridized carbons (Fsp3) is 0.353. The summed E-state index contributed by atoms with van der Waals surface area (Å²) in [6, 6.07) is 3.06. The molecule has 1 aliphatic heterocycles. The van der Waals surface area contributed by atoms with Crippen LogP contribution in [0, 0.1) is 11.3 Å². The quantitative estimate of drug-likeness (QED) is 0.602. The molecule has 0 saturated carbocycles. The zero-order chi connectivity index (χ0) is 19.7. The Morgan fingerprint density at radius 3 is 3.04 bits per heavy atom. The summed E-state index contributed by atoms with van der Waals surface area (Å²) in [6.45, 7) is 2.62. The van der Waals surface area contributed by atoms with Crippen LogP contribution in [-0.2, 0) is 14.3 Å². The topological polar surface area (TPSA) is 140 Å². The molecule has 0 amide bonds. The Morgan fingerprint density at radius 1 is 1.54 bits per heavy atom. The maximum atomic E-state index is 11.8. The number of methoxy groups -OCH3 is 1. The van der Waals surface area contributed by atoms with Gasteiger partial charge in [0.2, 0.25) is 5.95 Å². The molecule has 28 heavy (non-hydrogen) atoms. The van der Waals surface area contributed by atoms with Crippen molar-refractivity contribution in [3.05, 3.63) is 24.2 Å². The molecule has 3 aromatic rings. The van der Waals surface area contributed by atoms with Crippen LogP contribution < -0.4 is 10.1 Å². The van der Waals surface area contributed by atoms with Gasteiger partial charge in [0, 0.05) is 11.6 Å². The van der Waals surface area contributed by atoms with Gasteiger partial charge >= 0.3 is 5.97 Å². The zero-order valence-corrected chi connectivity index (χ0v) is 15.2. The molecule has 2 N–H and O–H groups in total. The number of nitrogens with one attached hydrogen (secondary N) is 2.